The van der Waals surface area contributed by atoms with E-state index in [1.807, 2.05) is 6.92 Å². The molecular formula is C11H22N2O3. The van der Waals surface area contributed by atoms with Crippen LogP contribution in [-0.2, 0) is 14.3 Å². The van der Waals surface area contributed by atoms with Gasteiger partial charge in [-0.05, 0) is 18.9 Å². The van der Waals surface area contributed by atoms with Crippen LogP contribution in [0.3, 0.4) is 0 Å². The maximum absolute atomic E-state index is 11.5. The molecule has 1 rings (SSSR count). The highest BCUT2D eigenvalue weighted by atomic mass is 16.6. The molecule has 5 nitrogen and oxygen atoms in total. The molecule has 0 spiro atoms. The Bertz CT molecular complexity index is 205. The van der Waals surface area contributed by atoms with Crippen LogP contribution in [0.1, 0.15) is 19.8 Å². The molecule has 1 amide bonds. The SMILES string of the molecule is CC(CN)CCC(=O)NCC1COCCO1. The standard InChI is InChI=1S/C11H22N2O3/c1-9(6-12)2-3-11(14)13-7-10-8-15-4-5-16-10/h9-10H,2-8,12H2,1H3,(H,13,14). The van der Waals surface area contributed by atoms with Gasteiger partial charge < -0.3 is 20.5 Å². The van der Waals surface area contributed by atoms with Gasteiger partial charge in [0, 0.05) is 13.0 Å². The van der Waals surface area contributed by atoms with E-state index in [2.05, 4.69) is 5.32 Å². The summed E-state index contributed by atoms with van der Waals surface area (Å²) >= 11 is 0. The maximum Gasteiger partial charge on any atom is 0.220 e. The van der Waals surface area contributed by atoms with Crippen molar-refractivity contribution in [2.24, 2.45) is 11.7 Å². The van der Waals surface area contributed by atoms with Gasteiger partial charge in [0.25, 0.3) is 0 Å². The third-order valence-electron chi connectivity index (χ3n) is 2.68. The second-order valence-corrected chi connectivity index (χ2v) is 4.25. The van der Waals surface area contributed by atoms with E-state index in [4.69, 9.17) is 15.2 Å². The topological polar surface area (TPSA) is 73.6 Å². The summed E-state index contributed by atoms with van der Waals surface area (Å²) in [4.78, 5) is 11.5. The molecule has 0 aromatic heterocycles. The fourth-order valence-electron chi connectivity index (χ4n) is 1.47. The Kier molecular flexibility index (Phi) is 6.37. The molecule has 0 saturated carbocycles. The van der Waals surface area contributed by atoms with Gasteiger partial charge in [0.1, 0.15) is 0 Å². The lowest BCUT2D eigenvalue weighted by molar-refractivity contribution is -0.124. The van der Waals surface area contributed by atoms with Crippen LogP contribution in [0.4, 0.5) is 0 Å². The lowest BCUT2D eigenvalue weighted by atomic mass is 10.1. The lowest BCUT2D eigenvalue weighted by Crippen LogP contribution is -2.39. The average Bonchev–Trinajstić information content (AvgIpc) is 2.34. The quantitative estimate of drug-likeness (QED) is 0.668. The zero-order valence-corrected chi connectivity index (χ0v) is 9.91. The van der Waals surface area contributed by atoms with Gasteiger partial charge in [0.05, 0.1) is 25.9 Å². The highest BCUT2D eigenvalue weighted by Gasteiger charge is 2.15. The zero-order chi connectivity index (χ0) is 11.8. The van der Waals surface area contributed by atoms with Gasteiger partial charge in [-0.2, -0.15) is 0 Å². The average molecular weight is 230 g/mol. The molecular weight excluding hydrogens is 208 g/mol. The Morgan fingerprint density at radius 1 is 1.56 bits per heavy atom. The molecule has 2 unspecified atom stereocenters. The van der Waals surface area contributed by atoms with Crippen molar-refractivity contribution in [1.29, 1.82) is 0 Å². The van der Waals surface area contributed by atoms with Crippen molar-refractivity contribution in [3.63, 3.8) is 0 Å². The van der Waals surface area contributed by atoms with Crippen LogP contribution in [0.15, 0.2) is 0 Å². The number of hydrogen-bond acceptors (Lipinski definition) is 4. The number of nitrogens with two attached hydrogens (primary N) is 1. The largest absolute Gasteiger partial charge is 0.376 e. The molecule has 1 aliphatic rings. The van der Waals surface area contributed by atoms with Crippen LogP contribution in [0.2, 0.25) is 0 Å². The molecule has 3 N–H and O–H groups in total. The lowest BCUT2D eigenvalue weighted by Gasteiger charge is -2.23. The van der Waals surface area contributed by atoms with Gasteiger partial charge in [-0.1, -0.05) is 6.92 Å². The van der Waals surface area contributed by atoms with Crippen molar-refractivity contribution in [3.8, 4) is 0 Å². The van der Waals surface area contributed by atoms with Crippen LogP contribution in [0.5, 0.6) is 0 Å². The minimum atomic E-state index is 0.00429. The number of ether oxygens (including phenoxy) is 2. The summed E-state index contributed by atoms with van der Waals surface area (Å²) in [6, 6.07) is 0. The monoisotopic (exact) mass is 230 g/mol. The van der Waals surface area contributed by atoms with Gasteiger partial charge >= 0.3 is 0 Å². The summed E-state index contributed by atoms with van der Waals surface area (Å²) in [6.07, 6.45) is 1.38. The van der Waals surface area contributed by atoms with E-state index in [-0.39, 0.29) is 12.0 Å². The van der Waals surface area contributed by atoms with E-state index in [1.165, 1.54) is 0 Å². The summed E-state index contributed by atoms with van der Waals surface area (Å²) in [5.41, 5.74) is 5.48. The van der Waals surface area contributed by atoms with Gasteiger partial charge in [0.2, 0.25) is 5.91 Å². The summed E-state index contributed by atoms with van der Waals surface area (Å²) in [7, 11) is 0. The molecule has 1 aliphatic heterocycles. The van der Waals surface area contributed by atoms with E-state index in [1.54, 1.807) is 0 Å². The molecule has 1 heterocycles. The van der Waals surface area contributed by atoms with E-state index < -0.39 is 0 Å². The molecule has 0 aliphatic carbocycles. The highest BCUT2D eigenvalue weighted by Crippen LogP contribution is 2.03. The van der Waals surface area contributed by atoms with E-state index in [9.17, 15) is 4.79 Å². The first-order valence-corrected chi connectivity index (χ1v) is 5.88. The molecule has 0 bridgehead atoms. The van der Waals surface area contributed by atoms with Gasteiger partial charge in [0.15, 0.2) is 0 Å². The summed E-state index contributed by atoms with van der Waals surface area (Å²) in [5, 5.41) is 2.85. The molecule has 2 atom stereocenters. The third-order valence-corrected chi connectivity index (χ3v) is 2.68. The summed E-state index contributed by atoms with van der Waals surface area (Å²) in [5.74, 6) is 0.467. The fraction of sp³-hybridized carbons (Fsp3) is 0.909. The minimum absolute atomic E-state index is 0.00429. The molecule has 0 radical (unpaired) electrons. The van der Waals surface area contributed by atoms with Crippen LogP contribution in [0, 0.1) is 5.92 Å². The first-order chi connectivity index (χ1) is 7.72. The first kappa shape index (κ1) is 13.4. The molecule has 0 aromatic rings. The number of carbonyl (C=O) groups excluding carboxylic acids is 1. The van der Waals surface area contributed by atoms with Gasteiger partial charge in [-0.15, -0.1) is 0 Å². The number of hydrogen-bond donors (Lipinski definition) is 2. The normalized spacial score (nSPS) is 22.8. The van der Waals surface area contributed by atoms with E-state index in [0.29, 0.717) is 45.2 Å². The smallest absolute Gasteiger partial charge is 0.220 e. The van der Waals surface area contributed by atoms with E-state index >= 15 is 0 Å². The Labute approximate surface area is 96.7 Å². The number of nitrogens with one attached hydrogen (secondary N) is 1. The summed E-state index contributed by atoms with van der Waals surface area (Å²) < 4.78 is 10.7. The van der Waals surface area contributed by atoms with Crippen LogP contribution in [0.25, 0.3) is 0 Å². The second-order valence-electron chi connectivity index (χ2n) is 4.25. The third kappa shape index (κ3) is 5.44. The predicted octanol–water partition coefficient (Wildman–Crippen LogP) is -0.107. The molecule has 1 saturated heterocycles. The molecule has 1 fully saturated rings. The van der Waals surface area contributed by atoms with E-state index in [0.717, 1.165) is 6.42 Å². The van der Waals surface area contributed by atoms with Crippen molar-refractivity contribution in [2.75, 3.05) is 32.9 Å². The highest BCUT2D eigenvalue weighted by molar-refractivity contribution is 5.75. The predicted molar refractivity (Wildman–Crippen MR) is 61.0 cm³/mol. The number of rotatable bonds is 6. The van der Waals surface area contributed by atoms with Crippen LogP contribution >= 0.6 is 0 Å². The molecule has 16 heavy (non-hydrogen) atoms. The molecule has 0 aromatic carbocycles. The first-order valence-electron chi connectivity index (χ1n) is 5.88. The fourth-order valence-corrected chi connectivity index (χ4v) is 1.47. The Morgan fingerprint density at radius 2 is 2.38 bits per heavy atom. The second kappa shape index (κ2) is 7.60. The van der Waals surface area contributed by atoms with Crippen molar-refractivity contribution in [1.82, 2.24) is 5.32 Å². The number of carbonyl (C=O) groups is 1. The number of amides is 1. The Balaban J connectivity index is 2.05. The Hall–Kier alpha value is -0.650. The van der Waals surface area contributed by atoms with Gasteiger partial charge in [-0.25, -0.2) is 0 Å². The zero-order valence-electron chi connectivity index (χ0n) is 9.91. The van der Waals surface area contributed by atoms with Crippen molar-refractivity contribution in [3.05, 3.63) is 0 Å². The van der Waals surface area contributed by atoms with Crippen LogP contribution < -0.4 is 11.1 Å². The van der Waals surface area contributed by atoms with Crippen molar-refractivity contribution in [2.45, 2.75) is 25.9 Å². The summed E-state index contributed by atoms with van der Waals surface area (Å²) in [6.45, 7) is 5.05. The van der Waals surface area contributed by atoms with Gasteiger partial charge in [-0.3, -0.25) is 4.79 Å². The van der Waals surface area contributed by atoms with Crippen LogP contribution in [-0.4, -0.2) is 44.9 Å². The molecule has 94 valence electrons. The maximum atomic E-state index is 11.5. The van der Waals surface area contributed by atoms with Crippen molar-refractivity contribution >= 4 is 5.91 Å². The minimum Gasteiger partial charge on any atom is -0.376 e. The van der Waals surface area contributed by atoms with Crippen molar-refractivity contribution < 1.29 is 14.3 Å². The molecule has 5 heteroatoms. The Morgan fingerprint density at radius 3 is 3.00 bits per heavy atom.